The summed E-state index contributed by atoms with van der Waals surface area (Å²) in [7, 11) is 1.28. The number of hydrogen-bond acceptors (Lipinski definition) is 5. The molecule has 1 aliphatic rings. The van der Waals surface area contributed by atoms with Crippen molar-refractivity contribution in [3.8, 4) is 0 Å². The second-order valence-corrected chi connectivity index (χ2v) is 3.40. The highest BCUT2D eigenvalue weighted by atomic mass is 16.5. The van der Waals surface area contributed by atoms with E-state index in [9.17, 15) is 9.59 Å². The summed E-state index contributed by atoms with van der Waals surface area (Å²) in [4.78, 5) is 22.2. The summed E-state index contributed by atoms with van der Waals surface area (Å²) in [6.07, 6.45) is 0.115. The van der Waals surface area contributed by atoms with Crippen molar-refractivity contribution in [3.63, 3.8) is 0 Å². The topological polar surface area (TPSA) is 76.7 Å². The van der Waals surface area contributed by atoms with Gasteiger partial charge in [-0.3, -0.25) is 4.79 Å². The maximum atomic E-state index is 11.3. The van der Waals surface area contributed by atoms with E-state index in [2.05, 4.69) is 15.4 Å². The minimum absolute atomic E-state index is 0.0202. The van der Waals surface area contributed by atoms with Crippen LogP contribution in [0.1, 0.15) is 6.92 Å². The molecular formula is C9H16N2O4. The van der Waals surface area contributed by atoms with Gasteiger partial charge in [-0.2, -0.15) is 0 Å². The van der Waals surface area contributed by atoms with Gasteiger partial charge in [-0.1, -0.05) is 0 Å². The van der Waals surface area contributed by atoms with Crippen molar-refractivity contribution < 1.29 is 19.1 Å². The van der Waals surface area contributed by atoms with Crippen LogP contribution in [-0.2, 0) is 19.1 Å². The van der Waals surface area contributed by atoms with E-state index in [0.29, 0.717) is 0 Å². The van der Waals surface area contributed by atoms with Crippen molar-refractivity contribution in [2.75, 3.05) is 26.8 Å². The Balaban J connectivity index is 2.13. The molecular weight excluding hydrogens is 200 g/mol. The predicted molar refractivity (Wildman–Crippen MR) is 52.2 cm³/mol. The van der Waals surface area contributed by atoms with Crippen molar-refractivity contribution in [2.45, 2.75) is 19.1 Å². The molecule has 6 nitrogen and oxygen atoms in total. The number of ether oxygens (including phenoxy) is 2. The van der Waals surface area contributed by atoms with Crippen LogP contribution in [0.4, 0.5) is 0 Å². The summed E-state index contributed by atoms with van der Waals surface area (Å²) in [5.41, 5.74) is 0. The van der Waals surface area contributed by atoms with Gasteiger partial charge in [0.25, 0.3) is 0 Å². The van der Waals surface area contributed by atoms with Gasteiger partial charge in [-0.15, -0.1) is 0 Å². The van der Waals surface area contributed by atoms with Crippen molar-refractivity contribution in [2.24, 2.45) is 0 Å². The van der Waals surface area contributed by atoms with Crippen LogP contribution in [0.3, 0.4) is 0 Å². The number of hydrogen-bond donors (Lipinski definition) is 2. The zero-order valence-electron chi connectivity index (χ0n) is 8.91. The Morgan fingerprint density at radius 2 is 2.20 bits per heavy atom. The summed E-state index contributed by atoms with van der Waals surface area (Å²) in [5.74, 6) is -0.770. The normalized spacial score (nSPS) is 17.7. The molecule has 15 heavy (non-hydrogen) atoms. The van der Waals surface area contributed by atoms with E-state index in [1.807, 2.05) is 0 Å². The fourth-order valence-corrected chi connectivity index (χ4v) is 1.09. The largest absolute Gasteiger partial charge is 0.467 e. The van der Waals surface area contributed by atoms with Crippen LogP contribution in [0, 0.1) is 0 Å². The van der Waals surface area contributed by atoms with Crippen molar-refractivity contribution in [3.05, 3.63) is 0 Å². The van der Waals surface area contributed by atoms with Crippen LogP contribution in [0.5, 0.6) is 0 Å². The summed E-state index contributed by atoms with van der Waals surface area (Å²) in [6, 6.07) is -0.634. The summed E-state index contributed by atoms with van der Waals surface area (Å²) in [6.45, 7) is 3.10. The van der Waals surface area contributed by atoms with Gasteiger partial charge in [0.15, 0.2) is 0 Å². The van der Waals surface area contributed by atoms with Crippen LogP contribution in [0.25, 0.3) is 0 Å². The highest BCUT2D eigenvalue weighted by molar-refractivity contribution is 5.84. The van der Waals surface area contributed by atoms with E-state index < -0.39 is 12.0 Å². The second kappa shape index (κ2) is 5.67. The molecule has 86 valence electrons. The Morgan fingerprint density at radius 1 is 1.53 bits per heavy atom. The molecule has 1 heterocycles. The predicted octanol–water partition coefficient (Wildman–Crippen LogP) is -1.35. The SMILES string of the molecule is COC(=O)[C@H](C)NC(=O)COC1CNC1. The number of rotatable bonds is 5. The first kappa shape index (κ1) is 11.9. The van der Waals surface area contributed by atoms with E-state index in [4.69, 9.17) is 4.74 Å². The molecule has 0 unspecified atom stereocenters. The van der Waals surface area contributed by atoms with Gasteiger partial charge >= 0.3 is 5.97 Å². The summed E-state index contributed by atoms with van der Waals surface area (Å²) in [5, 5.41) is 5.50. The van der Waals surface area contributed by atoms with Crippen LogP contribution >= 0.6 is 0 Å². The van der Waals surface area contributed by atoms with Crippen LogP contribution in [0.15, 0.2) is 0 Å². The van der Waals surface area contributed by atoms with E-state index in [0.717, 1.165) is 13.1 Å². The zero-order valence-corrected chi connectivity index (χ0v) is 8.91. The molecule has 0 saturated carbocycles. The van der Waals surface area contributed by atoms with Gasteiger partial charge in [0, 0.05) is 13.1 Å². The molecule has 0 aromatic heterocycles. The van der Waals surface area contributed by atoms with Crippen molar-refractivity contribution in [1.82, 2.24) is 10.6 Å². The van der Waals surface area contributed by atoms with Gasteiger partial charge in [0.2, 0.25) is 5.91 Å². The van der Waals surface area contributed by atoms with E-state index in [-0.39, 0.29) is 18.6 Å². The Kier molecular flexibility index (Phi) is 4.51. The van der Waals surface area contributed by atoms with Crippen LogP contribution < -0.4 is 10.6 Å². The third-order valence-electron chi connectivity index (χ3n) is 2.13. The summed E-state index contributed by atoms with van der Waals surface area (Å²) >= 11 is 0. The Morgan fingerprint density at radius 3 is 2.67 bits per heavy atom. The number of nitrogens with one attached hydrogen (secondary N) is 2. The van der Waals surface area contributed by atoms with E-state index in [1.54, 1.807) is 6.92 Å². The van der Waals surface area contributed by atoms with Gasteiger partial charge in [-0.05, 0) is 6.92 Å². The Bertz CT molecular complexity index is 240. The molecule has 0 aromatic rings. The van der Waals surface area contributed by atoms with Gasteiger partial charge in [-0.25, -0.2) is 4.79 Å². The molecule has 1 rings (SSSR count). The first-order valence-corrected chi connectivity index (χ1v) is 4.83. The molecule has 0 radical (unpaired) electrons. The second-order valence-electron chi connectivity index (χ2n) is 3.40. The number of methoxy groups -OCH3 is 1. The molecule has 0 bridgehead atoms. The highest BCUT2D eigenvalue weighted by Gasteiger charge is 2.20. The molecule has 1 aliphatic heterocycles. The smallest absolute Gasteiger partial charge is 0.328 e. The molecule has 0 spiro atoms. The minimum Gasteiger partial charge on any atom is -0.467 e. The monoisotopic (exact) mass is 216 g/mol. The van der Waals surface area contributed by atoms with E-state index >= 15 is 0 Å². The van der Waals surface area contributed by atoms with Gasteiger partial charge in [0.1, 0.15) is 12.6 Å². The zero-order chi connectivity index (χ0) is 11.3. The average molecular weight is 216 g/mol. The molecule has 0 aromatic carbocycles. The quantitative estimate of drug-likeness (QED) is 0.556. The Hall–Kier alpha value is -1.14. The lowest BCUT2D eigenvalue weighted by Crippen LogP contribution is -2.50. The maximum absolute atomic E-state index is 11.3. The fourth-order valence-electron chi connectivity index (χ4n) is 1.09. The van der Waals surface area contributed by atoms with Crippen LogP contribution in [-0.4, -0.2) is 50.8 Å². The first-order chi connectivity index (χ1) is 7.13. The Labute approximate surface area is 88.3 Å². The molecule has 1 atom stereocenters. The number of esters is 1. The van der Waals surface area contributed by atoms with Gasteiger partial charge < -0.3 is 20.1 Å². The number of carbonyl (C=O) groups excluding carboxylic acids is 2. The average Bonchev–Trinajstić information content (AvgIpc) is 2.14. The lowest BCUT2D eigenvalue weighted by atomic mass is 10.2. The summed E-state index contributed by atoms with van der Waals surface area (Å²) < 4.78 is 9.69. The van der Waals surface area contributed by atoms with Gasteiger partial charge in [0.05, 0.1) is 13.2 Å². The third kappa shape index (κ3) is 3.85. The third-order valence-corrected chi connectivity index (χ3v) is 2.13. The first-order valence-electron chi connectivity index (χ1n) is 4.83. The van der Waals surface area contributed by atoms with Crippen molar-refractivity contribution in [1.29, 1.82) is 0 Å². The maximum Gasteiger partial charge on any atom is 0.328 e. The highest BCUT2D eigenvalue weighted by Crippen LogP contribution is 1.97. The molecule has 2 N–H and O–H groups in total. The molecule has 1 amide bonds. The minimum atomic E-state index is -0.634. The standard InChI is InChI=1S/C9H16N2O4/c1-6(9(13)14-2)11-8(12)5-15-7-3-10-4-7/h6-7,10H,3-5H2,1-2H3,(H,11,12)/t6-/m0/s1. The molecule has 6 heteroatoms. The lowest BCUT2D eigenvalue weighted by molar-refractivity contribution is -0.145. The fraction of sp³-hybridized carbons (Fsp3) is 0.778. The number of carbonyl (C=O) groups is 2. The lowest BCUT2D eigenvalue weighted by Gasteiger charge is -2.26. The van der Waals surface area contributed by atoms with Crippen LogP contribution in [0.2, 0.25) is 0 Å². The number of amides is 1. The molecule has 0 aliphatic carbocycles. The van der Waals surface area contributed by atoms with E-state index in [1.165, 1.54) is 7.11 Å². The molecule has 1 saturated heterocycles. The van der Waals surface area contributed by atoms with Crippen molar-refractivity contribution >= 4 is 11.9 Å². The molecule has 1 fully saturated rings.